The van der Waals surface area contributed by atoms with Gasteiger partial charge >= 0.3 is 0 Å². The zero-order valence-electron chi connectivity index (χ0n) is 7.77. The van der Waals surface area contributed by atoms with Crippen molar-refractivity contribution in [2.24, 2.45) is 0 Å². The summed E-state index contributed by atoms with van der Waals surface area (Å²) in [6.45, 7) is 4.38. The van der Waals surface area contributed by atoms with Gasteiger partial charge in [0.05, 0.1) is 9.52 Å². The first-order chi connectivity index (χ1) is 5.31. The van der Waals surface area contributed by atoms with E-state index >= 15 is 0 Å². The molecule has 3 heteroatoms. The molecule has 0 aliphatic carbocycles. The lowest BCUT2D eigenvalue weighted by molar-refractivity contribution is 0.365. The first-order valence-electron chi connectivity index (χ1n) is 4.54. The Labute approximate surface area is 74.5 Å². The van der Waals surface area contributed by atoms with Crippen LogP contribution in [-0.2, 0) is 0 Å². The molecule has 11 heavy (non-hydrogen) atoms. The van der Waals surface area contributed by atoms with Crippen molar-refractivity contribution < 1.29 is 5.11 Å². The highest BCUT2D eigenvalue weighted by molar-refractivity contribution is 6.45. The molecule has 0 aromatic carbocycles. The molecule has 0 heterocycles. The van der Waals surface area contributed by atoms with E-state index in [1.54, 1.807) is 5.20 Å². The smallest absolute Gasteiger partial charge is 0.0512 e. The lowest BCUT2D eigenvalue weighted by Gasteiger charge is -1.98. The van der Waals surface area contributed by atoms with Crippen LogP contribution in [0, 0.1) is 0 Å². The fourth-order valence-corrected chi connectivity index (χ4v) is 4.10. The number of allylic oxidation sites excluding steroid dienone is 2. The minimum atomic E-state index is -0.0712. The van der Waals surface area contributed by atoms with Crippen LogP contribution < -0.4 is 0 Å². The summed E-state index contributed by atoms with van der Waals surface area (Å²) in [7, 11) is 0.0383. The summed E-state index contributed by atoms with van der Waals surface area (Å²) >= 11 is 0. The number of hydrogen-bond donors (Lipinski definition) is 1. The predicted molar refractivity (Wildman–Crippen MR) is 57.8 cm³/mol. The van der Waals surface area contributed by atoms with Gasteiger partial charge in [-0.1, -0.05) is 29.8 Å². The Balaban J connectivity index is 3.02. The monoisotopic (exact) mass is 188 g/mol. The number of rotatable bonds is 6. The van der Waals surface area contributed by atoms with E-state index in [0.717, 1.165) is 0 Å². The molecule has 0 aliphatic heterocycles. The highest BCUT2D eigenvalue weighted by Crippen LogP contribution is 1.99. The Morgan fingerprint density at radius 3 is 2.73 bits per heavy atom. The van der Waals surface area contributed by atoms with Crippen LogP contribution >= 0.6 is 0 Å². The molecule has 0 atom stereocenters. The molecule has 0 rings (SSSR count). The van der Waals surface area contributed by atoms with Gasteiger partial charge in [-0.3, -0.25) is 0 Å². The van der Waals surface area contributed by atoms with Crippen LogP contribution in [0.4, 0.5) is 0 Å². The van der Waals surface area contributed by atoms with Gasteiger partial charge < -0.3 is 5.11 Å². The van der Waals surface area contributed by atoms with Gasteiger partial charge in [-0.15, -0.1) is 0 Å². The van der Waals surface area contributed by atoms with Gasteiger partial charge in [0.25, 0.3) is 0 Å². The normalized spacial score (nSPS) is 14.3. The van der Waals surface area contributed by atoms with Gasteiger partial charge in [-0.2, -0.15) is 0 Å². The Morgan fingerprint density at radius 1 is 1.45 bits per heavy atom. The van der Waals surface area contributed by atoms with Crippen LogP contribution in [0.15, 0.2) is 11.3 Å². The highest BCUT2D eigenvalue weighted by atomic mass is 28.2. The van der Waals surface area contributed by atoms with Crippen LogP contribution in [0.1, 0.15) is 20.3 Å². The van der Waals surface area contributed by atoms with Crippen LogP contribution in [0.2, 0.25) is 12.1 Å². The second-order valence-corrected chi connectivity index (χ2v) is 7.21. The minimum absolute atomic E-state index is 0.0712. The SMILES string of the molecule is CC=C(C)[SiH2]CCC[SiH2]CO. The Kier molecular flexibility index (Phi) is 8.33. The summed E-state index contributed by atoms with van der Waals surface area (Å²) in [6.07, 6.45) is 4.13. The van der Waals surface area contributed by atoms with Gasteiger partial charge in [0.1, 0.15) is 0 Å². The zero-order chi connectivity index (χ0) is 8.53. The van der Waals surface area contributed by atoms with Crippen LogP contribution in [0.5, 0.6) is 0 Å². The third kappa shape index (κ3) is 8.04. The van der Waals surface area contributed by atoms with E-state index in [0.29, 0.717) is 6.23 Å². The molecule has 0 saturated carbocycles. The summed E-state index contributed by atoms with van der Waals surface area (Å²) in [5, 5.41) is 10.2. The topological polar surface area (TPSA) is 20.2 Å². The molecular formula is C8H20OSi2. The molecule has 0 aromatic heterocycles. The van der Waals surface area contributed by atoms with Crippen molar-refractivity contribution in [2.75, 3.05) is 6.23 Å². The first kappa shape index (κ1) is 11.1. The third-order valence-corrected chi connectivity index (χ3v) is 5.34. The Morgan fingerprint density at radius 2 is 2.18 bits per heavy atom. The summed E-state index contributed by atoms with van der Waals surface area (Å²) in [5.41, 5.74) is 0. The number of hydrogen-bond acceptors (Lipinski definition) is 1. The summed E-state index contributed by atoms with van der Waals surface area (Å²) in [4.78, 5) is 0. The van der Waals surface area contributed by atoms with Crippen LogP contribution in [0.3, 0.4) is 0 Å². The van der Waals surface area contributed by atoms with E-state index in [1.165, 1.54) is 18.5 Å². The highest BCUT2D eigenvalue weighted by Gasteiger charge is 1.91. The average Bonchev–Trinajstić information content (AvgIpc) is 2.04. The second kappa shape index (κ2) is 8.23. The van der Waals surface area contributed by atoms with Gasteiger partial charge in [0.2, 0.25) is 0 Å². The maximum Gasteiger partial charge on any atom is 0.0512 e. The van der Waals surface area contributed by atoms with E-state index in [4.69, 9.17) is 5.11 Å². The van der Waals surface area contributed by atoms with E-state index in [-0.39, 0.29) is 19.0 Å². The third-order valence-electron chi connectivity index (χ3n) is 1.97. The van der Waals surface area contributed by atoms with Crippen molar-refractivity contribution in [3.05, 3.63) is 11.3 Å². The molecule has 0 bridgehead atoms. The maximum absolute atomic E-state index is 8.58. The van der Waals surface area contributed by atoms with Crippen LogP contribution in [0.25, 0.3) is 0 Å². The van der Waals surface area contributed by atoms with Crippen molar-refractivity contribution >= 4 is 19.0 Å². The quantitative estimate of drug-likeness (QED) is 0.473. The van der Waals surface area contributed by atoms with Gasteiger partial charge in [-0.05, 0) is 13.8 Å². The van der Waals surface area contributed by atoms with Crippen molar-refractivity contribution in [3.63, 3.8) is 0 Å². The maximum atomic E-state index is 8.58. The van der Waals surface area contributed by atoms with Crippen molar-refractivity contribution in [2.45, 2.75) is 32.4 Å². The first-order valence-corrected chi connectivity index (χ1v) is 8.24. The molecule has 1 nitrogen and oxygen atoms in total. The molecule has 1 N–H and O–H groups in total. The van der Waals surface area contributed by atoms with Crippen molar-refractivity contribution in [3.8, 4) is 0 Å². The molecule has 0 fully saturated rings. The second-order valence-electron chi connectivity index (χ2n) is 3.02. The Hall–Kier alpha value is 0.134. The molecular weight excluding hydrogens is 168 g/mol. The van der Waals surface area contributed by atoms with Gasteiger partial charge in [0.15, 0.2) is 0 Å². The van der Waals surface area contributed by atoms with Gasteiger partial charge in [0, 0.05) is 15.7 Å². The summed E-state index contributed by atoms with van der Waals surface area (Å²) in [5.74, 6) is 0. The molecule has 0 unspecified atom stereocenters. The number of aliphatic hydroxyl groups excluding tert-OH is 1. The molecule has 0 spiro atoms. The predicted octanol–water partition coefficient (Wildman–Crippen LogP) is 0.424. The van der Waals surface area contributed by atoms with E-state index < -0.39 is 0 Å². The largest absolute Gasteiger partial charge is 0.400 e. The standard InChI is InChI=1S/C8H20OSi2/c1-3-8(2)11-6-4-5-10-7-9/h3,9H,4-7,10-11H2,1-2H3. The molecule has 0 saturated heterocycles. The van der Waals surface area contributed by atoms with Gasteiger partial charge in [-0.25, -0.2) is 0 Å². The lowest BCUT2D eigenvalue weighted by atomic mass is 10.6. The average molecular weight is 188 g/mol. The summed E-state index contributed by atoms with van der Waals surface area (Å²) in [6, 6.07) is 2.80. The summed E-state index contributed by atoms with van der Waals surface area (Å²) < 4.78 is 0. The minimum Gasteiger partial charge on any atom is -0.400 e. The molecule has 0 amide bonds. The van der Waals surface area contributed by atoms with E-state index in [9.17, 15) is 0 Å². The molecule has 0 aliphatic rings. The van der Waals surface area contributed by atoms with E-state index in [1.807, 2.05) is 0 Å². The van der Waals surface area contributed by atoms with Crippen LogP contribution in [-0.4, -0.2) is 30.4 Å². The zero-order valence-corrected chi connectivity index (χ0v) is 10.6. The van der Waals surface area contributed by atoms with E-state index in [2.05, 4.69) is 19.9 Å². The molecule has 0 aromatic rings. The fourth-order valence-electron chi connectivity index (χ4n) is 1.01. The fraction of sp³-hybridized carbons (Fsp3) is 0.750. The lowest BCUT2D eigenvalue weighted by Crippen LogP contribution is -1.98. The van der Waals surface area contributed by atoms with Crippen molar-refractivity contribution in [1.29, 1.82) is 0 Å². The number of aliphatic hydroxyl groups is 1. The Bertz CT molecular complexity index is 113. The molecule has 66 valence electrons. The van der Waals surface area contributed by atoms with Crippen molar-refractivity contribution in [1.82, 2.24) is 0 Å². The molecule has 0 radical (unpaired) electrons.